The van der Waals surface area contributed by atoms with Gasteiger partial charge in [0.25, 0.3) is 0 Å². The molecule has 0 saturated carbocycles. The van der Waals surface area contributed by atoms with E-state index in [0.717, 1.165) is 34.4 Å². The van der Waals surface area contributed by atoms with Crippen LogP contribution in [0.3, 0.4) is 0 Å². The third kappa shape index (κ3) is 3.67. The third-order valence-corrected chi connectivity index (χ3v) is 6.11. The molecule has 0 radical (unpaired) electrons. The van der Waals surface area contributed by atoms with Crippen LogP contribution in [0.1, 0.15) is 23.3 Å². The van der Waals surface area contributed by atoms with Gasteiger partial charge in [-0.15, -0.1) is 11.3 Å². The minimum atomic E-state index is -0.568. The van der Waals surface area contributed by atoms with Gasteiger partial charge in [-0.05, 0) is 43.4 Å². The molecule has 0 bridgehead atoms. The Kier molecular flexibility index (Phi) is 5.33. The van der Waals surface area contributed by atoms with Gasteiger partial charge in [0.05, 0.1) is 18.1 Å². The predicted octanol–water partition coefficient (Wildman–Crippen LogP) is 3.08. The van der Waals surface area contributed by atoms with Crippen molar-refractivity contribution in [3.05, 3.63) is 35.0 Å². The van der Waals surface area contributed by atoms with E-state index in [1.165, 1.54) is 23.3 Å². The molecule has 0 aliphatic heterocycles. The number of nitrogens with zero attached hydrogens (tertiary/aromatic N) is 4. The van der Waals surface area contributed by atoms with Crippen molar-refractivity contribution in [2.75, 3.05) is 32.2 Å². The maximum atomic E-state index is 10.2. The molecule has 1 unspecified atom stereocenters. The Morgan fingerprint density at radius 1 is 1.30 bits per heavy atom. The number of aryl methyl sites for hydroxylation is 2. The Morgan fingerprint density at radius 3 is 2.93 bits per heavy atom. The van der Waals surface area contributed by atoms with E-state index in [2.05, 4.69) is 4.98 Å². The van der Waals surface area contributed by atoms with E-state index in [9.17, 15) is 5.11 Å². The number of anilines is 1. The average Bonchev–Trinajstić information content (AvgIpc) is 3.06. The van der Waals surface area contributed by atoms with Crippen LogP contribution in [0.25, 0.3) is 21.6 Å². The van der Waals surface area contributed by atoms with Gasteiger partial charge in [-0.25, -0.2) is 9.97 Å². The zero-order chi connectivity index (χ0) is 18.8. The Labute approximate surface area is 162 Å². The summed E-state index contributed by atoms with van der Waals surface area (Å²) in [4.78, 5) is 18.4. The molecule has 7 heteroatoms. The van der Waals surface area contributed by atoms with Crippen LogP contribution >= 0.6 is 11.3 Å². The number of rotatable bonds is 6. The summed E-state index contributed by atoms with van der Waals surface area (Å²) < 4.78 is 5.08. The van der Waals surface area contributed by atoms with E-state index in [4.69, 9.17) is 14.7 Å². The zero-order valence-electron chi connectivity index (χ0n) is 15.7. The molecule has 1 atom stereocenters. The van der Waals surface area contributed by atoms with Crippen LogP contribution < -0.4 is 4.90 Å². The lowest BCUT2D eigenvalue weighted by molar-refractivity contribution is 0.0694. The standard InChI is InChI=1S/C20H24N4O2S/c1-24(11-14(25)12-26-2)19-17-15-7-3-4-8-16(15)27-20(17)23-18(22-19)13-6-5-9-21-10-13/h5-6,9-10,14,25H,3-4,7-8,11-12H2,1-2H3. The van der Waals surface area contributed by atoms with Crippen molar-refractivity contribution in [2.24, 2.45) is 0 Å². The topological polar surface area (TPSA) is 71.4 Å². The van der Waals surface area contributed by atoms with Gasteiger partial charge >= 0.3 is 0 Å². The molecule has 1 aliphatic carbocycles. The smallest absolute Gasteiger partial charge is 0.164 e. The normalized spacial score (nSPS) is 14.9. The number of hydrogen-bond donors (Lipinski definition) is 1. The van der Waals surface area contributed by atoms with Gasteiger partial charge in [0.1, 0.15) is 10.6 Å². The fourth-order valence-corrected chi connectivity index (χ4v) is 4.94. The number of aromatic nitrogens is 3. The number of hydrogen-bond acceptors (Lipinski definition) is 7. The second-order valence-corrected chi connectivity index (χ2v) is 8.08. The first-order valence-corrected chi connectivity index (χ1v) is 10.1. The van der Waals surface area contributed by atoms with Crippen LogP contribution in [0, 0.1) is 0 Å². The Balaban J connectivity index is 1.84. The molecule has 6 nitrogen and oxygen atoms in total. The molecule has 3 aromatic heterocycles. The summed E-state index contributed by atoms with van der Waals surface area (Å²) in [6.45, 7) is 0.757. The Morgan fingerprint density at radius 2 is 2.15 bits per heavy atom. The highest BCUT2D eigenvalue weighted by Gasteiger charge is 2.24. The lowest BCUT2D eigenvalue weighted by Gasteiger charge is -2.23. The van der Waals surface area contributed by atoms with E-state index >= 15 is 0 Å². The molecule has 3 aromatic rings. The summed E-state index contributed by atoms with van der Waals surface area (Å²) in [7, 11) is 3.57. The summed E-state index contributed by atoms with van der Waals surface area (Å²) >= 11 is 1.78. The van der Waals surface area contributed by atoms with Crippen LogP contribution in [-0.2, 0) is 17.6 Å². The fourth-order valence-electron chi connectivity index (χ4n) is 3.69. The molecule has 27 heavy (non-hydrogen) atoms. The van der Waals surface area contributed by atoms with E-state index in [1.807, 2.05) is 24.1 Å². The molecular formula is C20H24N4O2S. The second kappa shape index (κ2) is 7.88. The predicted molar refractivity (Wildman–Crippen MR) is 108 cm³/mol. The van der Waals surface area contributed by atoms with Gasteiger partial charge in [-0.2, -0.15) is 0 Å². The fraction of sp³-hybridized carbons (Fsp3) is 0.450. The Hall–Kier alpha value is -2.09. The molecule has 3 heterocycles. The zero-order valence-corrected chi connectivity index (χ0v) is 16.5. The molecule has 142 valence electrons. The molecule has 0 aromatic carbocycles. The molecule has 0 saturated heterocycles. The van der Waals surface area contributed by atoms with E-state index in [-0.39, 0.29) is 0 Å². The highest BCUT2D eigenvalue weighted by Crippen LogP contribution is 2.40. The highest BCUT2D eigenvalue weighted by atomic mass is 32.1. The molecule has 0 amide bonds. The maximum absolute atomic E-state index is 10.2. The largest absolute Gasteiger partial charge is 0.389 e. The monoisotopic (exact) mass is 384 g/mol. The molecule has 1 aliphatic rings. The minimum Gasteiger partial charge on any atom is -0.389 e. The molecule has 0 fully saturated rings. The number of methoxy groups -OCH3 is 1. The molecule has 0 spiro atoms. The quantitative estimate of drug-likeness (QED) is 0.704. The van der Waals surface area contributed by atoms with Crippen LogP contribution in [-0.4, -0.2) is 53.5 Å². The summed E-state index contributed by atoms with van der Waals surface area (Å²) in [5.41, 5.74) is 2.29. The Bertz CT molecular complexity index is 929. The van der Waals surface area contributed by atoms with Gasteiger partial charge in [0.15, 0.2) is 5.82 Å². The van der Waals surface area contributed by atoms with Crippen LogP contribution in [0.2, 0.25) is 0 Å². The summed E-state index contributed by atoms with van der Waals surface area (Å²) in [6.07, 6.45) is 7.61. The number of aliphatic hydroxyl groups excluding tert-OH is 1. The van der Waals surface area contributed by atoms with Crippen LogP contribution in [0.4, 0.5) is 5.82 Å². The van der Waals surface area contributed by atoms with Crippen molar-refractivity contribution in [3.63, 3.8) is 0 Å². The number of fused-ring (bicyclic) bond motifs is 3. The molecule has 4 rings (SSSR count). The number of aliphatic hydroxyl groups is 1. The summed E-state index contributed by atoms with van der Waals surface area (Å²) in [5, 5.41) is 11.4. The first-order valence-electron chi connectivity index (χ1n) is 9.28. The summed E-state index contributed by atoms with van der Waals surface area (Å²) in [5.74, 6) is 1.56. The van der Waals surface area contributed by atoms with Crippen molar-refractivity contribution < 1.29 is 9.84 Å². The second-order valence-electron chi connectivity index (χ2n) is 6.99. The molecule has 1 N–H and O–H groups in total. The number of thiophene rings is 1. The number of ether oxygens (including phenoxy) is 1. The van der Waals surface area contributed by atoms with E-state index in [0.29, 0.717) is 19.0 Å². The van der Waals surface area contributed by atoms with Gasteiger partial charge in [-0.3, -0.25) is 4.98 Å². The van der Waals surface area contributed by atoms with E-state index in [1.54, 1.807) is 30.8 Å². The maximum Gasteiger partial charge on any atom is 0.164 e. The van der Waals surface area contributed by atoms with Gasteiger partial charge in [0.2, 0.25) is 0 Å². The summed E-state index contributed by atoms with van der Waals surface area (Å²) in [6, 6.07) is 3.87. The van der Waals surface area contributed by atoms with Gasteiger partial charge in [0, 0.05) is 43.5 Å². The lowest BCUT2D eigenvalue weighted by Crippen LogP contribution is -2.32. The highest BCUT2D eigenvalue weighted by molar-refractivity contribution is 7.19. The first-order chi connectivity index (χ1) is 13.2. The van der Waals surface area contributed by atoms with Crippen molar-refractivity contribution in [3.8, 4) is 11.4 Å². The van der Waals surface area contributed by atoms with Crippen molar-refractivity contribution in [2.45, 2.75) is 31.8 Å². The first kappa shape index (κ1) is 18.3. The van der Waals surface area contributed by atoms with Gasteiger partial charge in [-0.1, -0.05) is 0 Å². The van der Waals surface area contributed by atoms with E-state index < -0.39 is 6.10 Å². The molecular weight excluding hydrogens is 360 g/mol. The number of pyridine rings is 1. The SMILES string of the molecule is COCC(O)CN(C)c1nc(-c2cccnc2)nc2sc3c(c12)CCCC3. The lowest BCUT2D eigenvalue weighted by atomic mass is 9.97. The van der Waals surface area contributed by atoms with Gasteiger partial charge < -0.3 is 14.7 Å². The van der Waals surface area contributed by atoms with Crippen molar-refractivity contribution in [1.82, 2.24) is 15.0 Å². The minimum absolute atomic E-state index is 0.301. The van der Waals surface area contributed by atoms with Crippen molar-refractivity contribution >= 4 is 27.4 Å². The average molecular weight is 385 g/mol. The number of likely N-dealkylation sites (N-methyl/N-ethyl adjacent to an activating group) is 1. The third-order valence-electron chi connectivity index (χ3n) is 4.92. The van der Waals surface area contributed by atoms with Crippen molar-refractivity contribution in [1.29, 1.82) is 0 Å². The van der Waals surface area contributed by atoms with Crippen LogP contribution in [0.5, 0.6) is 0 Å². The van der Waals surface area contributed by atoms with Crippen LogP contribution in [0.15, 0.2) is 24.5 Å².